The van der Waals surface area contributed by atoms with Crippen LogP contribution >= 0.6 is 23.2 Å². The van der Waals surface area contributed by atoms with Crippen molar-refractivity contribution in [2.45, 2.75) is 39.8 Å². The zero-order chi connectivity index (χ0) is 27.0. The van der Waals surface area contributed by atoms with E-state index in [1.165, 1.54) is 30.2 Å². The minimum absolute atomic E-state index is 0.0348. The van der Waals surface area contributed by atoms with E-state index in [4.69, 9.17) is 27.9 Å². The van der Waals surface area contributed by atoms with Crippen molar-refractivity contribution >= 4 is 50.7 Å². The third-order valence-electron chi connectivity index (χ3n) is 5.47. The number of rotatable bonds is 12. The Morgan fingerprint density at radius 2 is 1.75 bits per heavy atom. The molecule has 0 aliphatic rings. The largest absolute Gasteiger partial charge is 0.495 e. The van der Waals surface area contributed by atoms with Crippen LogP contribution in [0.4, 0.5) is 5.69 Å². The van der Waals surface area contributed by atoms with Crippen molar-refractivity contribution < 1.29 is 22.7 Å². The van der Waals surface area contributed by atoms with Gasteiger partial charge in [-0.3, -0.25) is 13.9 Å². The van der Waals surface area contributed by atoms with Crippen molar-refractivity contribution in [2.75, 3.05) is 30.8 Å². The first-order chi connectivity index (χ1) is 16.9. The van der Waals surface area contributed by atoms with Gasteiger partial charge >= 0.3 is 0 Å². The molecular formula is C25H33Cl2N3O5S. The van der Waals surface area contributed by atoms with Crippen molar-refractivity contribution in [1.29, 1.82) is 0 Å². The fraction of sp³-hybridized carbons (Fsp3) is 0.440. The third kappa shape index (κ3) is 8.01. The van der Waals surface area contributed by atoms with Crippen LogP contribution in [-0.4, -0.2) is 57.6 Å². The van der Waals surface area contributed by atoms with E-state index in [2.05, 4.69) is 5.32 Å². The normalized spacial score (nSPS) is 12.2. The fourth-order valence-corrected chi connectivity index (χ4v) is 4.87. The Morgan fingerprint density at radius 1 is 1.08 bits per heavy atom. The third-order valence-corrected chi connectivity index (χ3v) is 7.28. The van der Waals surface area contributed by atoms with Crippen molar-refractivity contribution in [2.24, 2.45) is 5.92 Å². The summed E-state index contributed by atoms with van der Waals surface area (Å²) in [5, 5.41) is 3.51. The minimum Gasteiger partial charge on any atom is -0.495 e. The van der Waals surface area contributed by atoms with Gasteiger partial charge in [-0.2, -0.15) is 0 Å². The smallest absolute Gasteiger partial charge is 0.244 e. The van der Waals surface area contributed by atoms with Crippen LogP contribution in [0.15, 0.2) is 42.5 Å². The van der Waals surface area contributed by atoms with Gasteiger partial charge in [-0.05, 0) is 42.2 Å². The number of halogens is 2. The Kier molecular flexibility index (Phi) is 10.9. The molecular weight excluding hydrogens is 525 g/mol. The lowest BCUT2D eigenvalue weighted by molar-refractivity contribution is -0.140. The quantitative estimate of drug-likeness (QED) is 0.418. The van der Waals surface area contributed by atoms with Gasteiger partial charge in [0, 0.05) is 18.1 Å². The molecule has 11 heteroatoms. The summed E-state index contributed by atoms with van der Waals surface area (Å²) >= 11 is 12.6. The summed E-state index contributed by atoms with van der Waals surface area (Å²) in [4.78, 5) is 28.1. The second kappa shape index (κ2) is 13.2. The zero-order valence-electron chi connectivity index (χ0n) is 21.1. The molecule has 2 aromatic rings. The van der Waals surface area contributed by atoms with Crippen LogP contribution in [0, 0.1) is 5.92 Å². The number of nitrogens with zero attached hydrogens (tertiary/aromatic N) is 2. The molecule has 1 atom stereocenters. The molecule has 0 fully saturated rings. The van der Waals surface area contributed by atoms with Crippen molar-refractivity contribution in [1.82, 2.24) is 10.2 Å². The predicted octanol–water partition coefficient (Wildman–Crippen LogP) is 4.35. The zero-order valence-corrected chi connectivity index (χ0v) is 23.5. The lowest BCUT2D eigenvalue weighted by atomic mass is 10.1. The molecule has 8 nitrogen and oxygen atoms in total. The molecule has 0 aliphatic heterocycles. The van der Waals surface area contributed by atoms with Crippen LogP contribution in [-0.2, 0) is 26.2 Å². The summed E-state index contributed by atoms with van der Waals surface area (Å²) in [6, 6.07) is 10.6. The van der Waals surface area contributed by atoms with Crippen molar-refractivity contribution in [3.8, 4) is 5.75 Å². The van der Waals surface area contributed by atoms with Gasteiger partial charge < -0.3 is 15.0 Å². The molecule has 2 rings (SSSR count). The summed E-state index contributed by atoms with van der Waals surface area (Å²) in [5.41, 5.74) is 0.840. The molecule has 0 aromatic heterocycles. The first-order valence-corrected chi connectivity index (χ1v) is 14.1. The number of carbonyl (C=O) groups excluding carboxylic acids is 2. The van der Waals surface area contributed by atoms with E-state index >= 15 is 0 Å². The molecule has 0 radical (unpaired) electrons. The molecule has 0 bridgehead atoms. The van der Waals surface area contributed by atoms with E-state index in [1.807, 2.05) is 13.8 Å². The average molecular weight is 559 g/mol. The van der Waals surface area contributed by atoms with Crippen molar-refractivity contribution in [3.63, 3.8) is 0 Å². The molecule has 0 spiro atoms. The molecule has 2 amide bonds. The Balaban J connectivity index is 2.46. The lowest BCUT2D eigenvalue weighted by Crippen LogP contribution is -2.52. The number of ether oxygens (including phenoxy) is 1. The van der Waals surface area contributed by atoms with Gasteiger partial charge in [-0.1, -0.05) is 62.2 Å². The summed E-state index contributed by atoms with van der Waals surface area (Å²) in [5.74, 6) is -0.281. The van der Waals surface area contributed by atoms with E-state index in [0.717, 1.165) is 10.6 Å². The summed E-state index contributed by atoms with van der Waals surface area (Å²) in [6.45, 7) is 5.69. The van der Waals surface area contributed by atoms with Crippen LogP contribution in [0.3, 0.4) is 0 Å². The van der Waals surface area contributed by atoms with Gasteiger partial charge in [0.2, 0.25) is 21.8 Å². The van der Waals surface area contributed by atoms with E-state index in [9.17, 15) is 18.0 Å². The highest BCUT2D eigenvalue weighted by atomic mass is 35.5. The van der Waals surface area contributed by atoms with Gasteiger partial charge in [-0.25, -0.2) is 8.42 Å². The lowest BCUT2D eigenvalue weighted by Gasteiger charge is -2.33. The van der Waals surface area contributed by atoms with Crippen LogP contribution in [0.5, 0.6) is 5.75 Å². The molecule has 0 aliphatic carbocycles. The first-order valence-electron chi connectivity index (χ1n) is 11.5. The number of amides is 2. The van der Waals surface area contributed by atoms with E-state index in [-0.39, 0.29) is 29.1 Å². The highest BCUT2D eigenvalue weighted by Gasteiger charge is 2.32. The molecule has 1 N–H and O–H groups in total. The van der Waals surface area contributed by atoms with E-state index in [1.54, 1.807) is 31.2 Å². The maximum atomic E-state index is 13.7. The molecule has 0 saturated heterocycles. The number of anilines is 1. The van der Waals surface area contributed by atoms with Gasteiger partial charge in [0.1, 0.15) is 18.3 Å². The second-order valence-corrected chi connectivity index (χ2v) is 11.5. The minimum atomic E-state index is -3.88. The standard InChI is InChI=1S/C25H33Cl2N3O5S/c1-6-22(25(32)28-14-17(2)3)29(15-18-9-7-8-10-20(18)26)24(31)16-30(36(5,33)34)19-11-12-23(35-4)21(27)13-19/h7-13,17,22H,6,14-16H2,1-5H3,(H,28,32). The maximum absolute atomic E-state index is 13.7. The summed E-state index contributed by atoms with van der Waals surface area (Å²) in [6.07, 6.45) is 1.33. The number of methoxy groups -OCH3 is 1. The number of carbonyl (C=O) groups is 2. The average Bonchev–Trinajstić information content (AvgIpc) is 2.81. The van der Waals surface area contributed by atoms with E-state index < -0.39 is 28.5 Å². The Hall–Kier alpha value is -2.49. The van der Waals surface area contributed by atoms with Crippen LogP contribution in [0.2, 0.25) is 10.0 Å². The maximum Gasteiger partial charge on any atom is 0.244 e. The van der Waals surface area contributed by atoms with E-state index in [0.29, 0.717) is 29.3 Å². The fourth-order valence-electron chi connectivity index (χ4n) is 3.58. The molecule has 36 heavy (non-hydrogen) atoms. The topological polar surface area (TPSA) is 96.0 Å². The number of hydrogen-bond donors (Lipinski definition) is 1. The number of nitrogens with one attached hydrogen (secondary N) is 1. The van der Waals surface area contributed by atoms with Crippen LogP contribution in [0.1, 0.15) is 32.8 Å². The van der Waals surface area contributed by atoms with Crippen LogP contribution < -0.4 is 14.4 Å². The first kappa shape index (κ1) is 29.7. The Labute approximate surface area is 223 Å². The number of sulfonamides is 1. The van der Waals surface area contributed by atoms with Crippen molar-refractivity contribution in [3.05, 3.63) is 58.1 Å². The molecule has 2 aromatic carbocycles. The number of hydrogen-bond acceptors (Lipinski definition) is 5. The monoisotopic (exact) mass is 557 g/mol. The Bertz CT molecular complexity index is 1170. The highest BCUT2D eigenvalue weighted by Crippen LogP contribution is 2.30. The Morgan fingerprint density at radius 3 is 2.28 bits per heavy atom. The van der Waals surface area contributed by atoms with Gasteiger partial charge in [-0.15, -0.1) is 0 Å². The SMILES string of the molecule is CCC(C(=O)NCC(C)C)N(Cc1ccccc1Cl)C(=O)CN(c1ccc(OC)c(Cl)c1)S(C)(=O)=O. The van der Waals surface area contributed by atoms with Gasteiger partial charge in [0.15, 0.2) is 0 Å². The predicted molar refractivity (Wildman–Crippen MR) is 144 cm³/mol. The number of benzene rings is 2. The summed E-state index contributed by atoms with van der Waals surface area (Å²) < 4.78 is 31.5. The molecule has 0 saturated carbocycles. The molecule has 0 heterocycles. The van der Waals surface area contributed by atoms with Gasteiger partial charge in [0.25, 0.3) is 0 Å². The van der Waals surface area contributed by atoms with Gasteiger partial charge in [0.05, 0.1) is 24.1 Å². The van der Waals surface area contributed by atoms with Crippen LogP contribution in [0.25, 0.3) is 0 Å². The molecule has 1 unspecified atom stereocenters. The summed E-state index contributed by atoms with van der Waals surface area (Å²) in [7, 11) is -2.43. The highest BCUT2D eigenvalue weighted by molar-refractivity contribution is 7.92. The molecule has 198 valence electrons. The second-order valence-electron chi connectivity index (χ2n) is 8.76.